The summed E-state index contributed by atoms with van der Waals surface area (Å²) in [6.07, 6.45) is 0.989. The van der Waals surface area contributed by atoms with E-state index in [4.69, 9.17) is 4.74 Å². The normalized spacial score (nSPS) is 12.6. The minimum absolute atomic E-state index is 0.224. The molecule has 0 aromatic heterocycles. The first-order valence-electron chi connectivity index (χ1n) is 6.49. The van der Waals surface area contributed by atoms with E-state index in [0.29, 0.717) is 13.0 Å². The van der Waals surface area contributed by atoms with E-state index in [2.05, 4.69) is 21.2 Å². The molecule has 1 atom stereocenters. The second-order valence-electron chi connectivity index (χ2n) is 5.51. The van der Waals surface area contributed by atoms with Crippen LogP contribution in [0.15, 0.2) is 28.7 Å². The van der Waals surface area contributed by atoms with Gasteiger partial charge in [0.15, 0.2) is 0 Å². The zero-order chi connectivity index (χ0) is 15.2. The second kappa shape index (κ2) is 7.43. The van der Waals surface area contributed by atoms with Crippen molar-refractivity contribution >= 4 is 28.3 Å². The van der Waals surface area contributed by atoms with E-state index in [-0.39, 0.29) is 5.92 Å². The van der Waals surface area contributed by atoms with Gasteiger partial charge in [-0.15, -0.1) is 0 Å². The Labute approximate surface area is 128 Å². The van der Waals surface area contributed by atoms with E-state index in [1.807, 2.05) is 45.0 Å². The average molecular weight is 342 g/mol. The fraction of sp³-hybridized carbons (Fsp3) is 0.467. The molecular formula is C15H20BrNO3. The number of hydrogen-bond donors (Lipinski definition) is 1. The quantitative estimate of drug-likeness (QED) is 0.831. The molecule has 0 saturated heterocycles. The van der Waals surface area contributed by atoms with Crippen LogP contribution < -0.4 is 5.32 Å². The first kappa shape index (κ1) is 16.7. The minimum atomic E-state index is -0.514. The molecule has 1 N–H and O–H groups in total. The number of nitrogens with one attached hydrogen (secondary N) is 1. The molecule has 0 heterocycles. The Morgan fingerprint density at radius 2 is 1.95 bits per heavy atom. The summed E-state index contributed by atoms with van der Waals surface area (Å²) >= 11 is 3.35. The SMILES string of the molecule is CC(C)(C)OC(=O)NCCC(C=O)c1ccc(Br)cc1. The number of alkyl carbamates (subject to hydrolysis) is 1. The highest BCUT2D eigenvalue weighted by Gasteiger charge is 2.16. The smallest absolute Gasteiger partial charge is 0.407 e. The van der Waals surface area contributed by atoms with Crippen molar-refractivity contribution in [2.45, 2.75) is 38.7 Å². The fourth-order valence-corrected chi connectivity index (χ4v) is 1.93. The molecule has 0 aliphatic heterocycles. The Bertz CT molecular complexity index is 451. The maximum Gasteiger partial charge on any atom is 0.407 e. The lowest BCUT2D eigenvalue weighted by Crippen LogP contribution is -2.33. The predicted octanol–water partition coefficient (Wildman–Crippen LogP) is 3.65. The van der Waals surface area contributed by atoms with Crippen molar-refractivity contribution in [2.24, 2.45) is 0 Å². The number of carbonyl (C=O) groups is 2. The van der Waals surface area contributed by atoms with Gasteiger partial charge < -0.3 is 14.8 Å². The Hall–Kier alpha value is -1.36. The number of benzene rings is 1. The summed E-state index contributed by atoms with van der Waals surface area (Å²) in [5.41, 5.74) is 0.425. The highest BCUT2D eigenvalue weighted by atomic mass is 79.9. The van der Waals surface area contributed by atoms with Crippen LogP contribution in [0.3, 0.4) is 0 Å². The number of aldehydes is 1. The zero-order valence-corrected chi connectivity index (χ0v) is 13.6. The molecular weight excluding hydrogens is 322 g/mol. The first-order chi connectivity index (χ1) is 9.31. The number of amides is 1. The lowest BCUT2D eigenvalue weighted by molar-refractivity contribution is -0.109. The number of carbonyl (C=O) groups excluding carboxylic acids is 2. The molecule has 1 aromatic rings. The van der Waals surface area contributed by atoms with Gasteiger partial charge in [0.05, 0.1) is 0 Å². The minimum Gasteiger partial charge on any atom is -0.444 e. The molecule has 0 fully saturated rings. The van der Waals surface area contributed by atoms with Crippen LogP contribution in [-0.2, 0) is 9.53 Å². The van der Waals surface area contributed by atoms with Crippen molar-refractivity contribution in [3.63, 3.8) is 0 Å². The molecule has 0 aliphatic carbocycles. The van der Waals surface area contributed by atoms with Gasteiger partial charge >= 0.3 is 6.09 Å². The van der Waals surface area contributed by atoms with Gasteiger partial charge in [0.2, 0.25) is 0 Å². The van der Waals surface area contributed by atoms with Crippen LogP contribution in [-0.4, -0.2) is 24.5 Å². The van der Waals surface area contributed by atoms with Crippen LogP contribution in [0.2, 0.25) is 0 Å². The number of halogens is 1. The maximum atomic E-state index is 11.5. The van der Waals surface area contributed by atoms with Gasteiger partial charge in [0.1, 0.15) is 11.9 Å². The van der Waals surface area contributed by atoms with E-state index in [9.17, 15) is 9.59 Å². The van der Waals surface area contributed by atoms with E-state index in [1.54, 1.807) is 0 Å². The van der Waals surface area contributed by atoms with E-state index in [0.717, 1.165) is 16.3 Å². The second-order valence-corrected chi connectivity index (χ2v) is 6.43. The van der Waals surface area contributed by atoms with Crippen molar-refractivity contribution in [1.29, 1.82) is 0 Å². The van der Waals surface area contributed by atoms with Gasteiger partial charge in [-0.25, -0.2) is 4.79 Å². The summed E-state index contributed by atoms with van der Waals surface area (Å²) < 4.78 is 6.10. The van der Waals surface area contributed by atoms with Crippen molar-refractivity contribution < 1.29 is 14.3 Å². The average Bonchev–Trinajstić information content (AvgIpc) is 2.34. The van der Waals surface area contributed by atoms with Crippen molar-refractivity contribution in [2.75, 3.05) is 6.54 Å². The molecule has 1 amide bonds. The van der Waals surface area contributed by atoms with E-state index < -0.39 is 11.7 Å². The molecule has 1 aromatic carbocycles. The van der Waals surface area contributed by atoms with Crippen LogP contribution in [0.25, 0.3) is 0 Å². The Morgan fingerprint density at radius 3 is 2.45 bits per heavy atom. The first-order valence-corrected chi connectivity index (χ1v) is 7.29. The molecule has 20 heavy (non-hydrogen) atoms. The largest absolute Gasteiger partial charge is 0.444 e. The Kier molecular flexibility index (Phi) is 6.20. The van der Waals surface area contributed by atoms with Crippen molar-refractivity contribution in [1.82, 2.24) is 5.32 Å². The summed E-state index contributed by atoms with van der Waals surface area (Å²) in [4.78, 5) is 22.6. The fourth-order valence-electron chi connectivity index (χ4n) is 1.67. The third kappa shape index (κ3) is 6.19. The van der Waals surface area contributed by atoms with Gasteiger partial charge in [-0.3, -0.25) is 0 Å². The molecule has 1 unspecified atom stereocenters. The molecule has 0 radical (unpaired) electrons. The third-order valence-corrected chi connectivity index (χ3v) is 3.11. The van der Waals surface area contributed by atoms with Crippen LogP contribution in [0.4, 0.5) is 4.79 Å². The Balaban J connectivity index is 2.44. The van der Waals surface area contributed by atoms with Gasteiger partial charge in [0, 0.05) is 16.9 Å². The number of rotatable bonds is 5. The van der Waals surface area contributed by atoms with Crippen LogP contribution in [0.1, 0.15) is 38.7 Å². The van der Waals surface area contributed by atoms with Crippen molar-refractivity contribution in [3.8, 4) is 0 Å². The lowest BCUT2D eigenvalue weighted by atomic mass is 9.97. The number of hydrogen-bond acceptors (Lipinski definition) is 3. The maximum absolute atomic E-state index is 11.5. The standard InChI is InChI=1S/C15H20BrNO3/c1-15(2,3)20-14(19)17-9-8-12(10-18)11-4-6-13(16)7-5-11/h4-7,10,12H,8-9H2,1-3H3,(H,17,19). The summed E-state index contributed by atoms with van der Waals surface area (Å²) in [6.45, 7) is 5.82. The summed E-state index contributed by atoms with van der Waals surface area (Å²) in [5.74, 6) is -0.224. The van der Waals surface area contributed by atoms with Crippen LogP contribution in [0.5, 0.6) is 0 Å². The van der Waals surface area contributed by atoms with Gasteiger partial charge in [-0.2, -0.15) is 0 Å². The summed E-state index contributed by atoms with van der Waals surface area (Å²) in [5, 5.41) is 2.66. The van der Waals surface area contributed by atoms with Crippen molar-refractivity contribution in [3.05, 3.63) is 34.3 Å². The van der Waals surface area contributed by atoms with Gasteiger partial charge in [-0.05, 0) is 44.9 Å². The zero-order valence-electron chi connectivity index (χ0n) is 12.0. The molecule has 1 rings (SSSR count). The highest BCUT2D eigenvalue weighted by Crippen LogP contribution is 2.19. The third-order valence-electron chi connectivity index (χ3n) is 2.59. The summed E-state index contributed by atoms with van der Waals surface area (Å²) in [6, 6.07) is 7.59. The highest BCUT2D eigenvalue weighted by molar-refractivity contribution is 9.10. The molecule has 0 aliphatic rings. The molecule has 0 spiro atoms. The number of ether oxygens (including phenoxy) is 1. The molecule has 0 saturated carbocycles. The molecule has 0 bridgehead atoms. The van der Waals surface area contributed by atoms with Gasteiger partial charge in [-0.1, -0.05) is 28.1 Å². The topological polar surface area (TPSA) is 55.4 Å². The molecule has 110 valence electrons. The predicted molar refractivity (Wildman–Crippen MR) is 81.8 cm³/mol. The van der Waals surface area contributed by atoms with Gasteiger partial charge in [0.25, 0.3) is 0 Å². The Morgan fingerprint density at radius 1 is 1.35 bits per heavy atom. The van der Waals surface area contributed by atoms with Crippen LogP contribution in [0, 0.1) is 0 Å². The monoisotopic (exact) mass is 341 g/mol. The summed E-state index contributed by atoms with van der Waals surface area (Å²) in [7, 11) is 0. The van der Waals surface area contributed by atoms with E-state index in [1.165, 1.54) is 0 Å². The lowest BCUT2D eigenvalue weighted by Gasteiger charge is -2.20. The molecule has 4 nitrogen and oxygen atoms in total. The van der Waals surface area contributed by atoms with E-state index >= 15 is 0 Å². The van der Waals surface area contributed by atoms with Crippen LogP contribution >= 0.6 is 15.9 Å². The molecule has 5 heteroatoms.